The van der Waals surface area contributed by atoms with E-state index in [-0.39, 0.29) is 18.7 Å². The quantitative estimate of drug-likeness (QED) is 0.797. The molecule has 0 aromatic heterocycles. The summed E-state index contributed by atoms with van der Waals surface area (Å²) in [7, 11) is 2.78. The number of anilines is 1. The van der Waals surface area contributed by atoms with E-state index in [0.29, 0.717) is 11.4 Å². The van der Waals surface area contributed by atoms with Crippen LogP contribution in [0.2, 0.25) is 0 Å². The van der Waals surface area contributed by atoms with E-state index in [0.717, 1.165) is 0 Å². The van der Waals surface area contributed by atoms with Crippen molar-refractivity contribution in [1.82, 2.24) is 4.90 Å². The number of carbonyl (C=O) groups excluding carboxylic acids is 2. The Morgan fingerprint density at radius 1 is 1.14 bits per heavy atom. The normalized spacial score (nSPS) is 18.5. The third kappa shape index (κ3) is 4.33. The molecule has 0 radical (unpaired) electrons. The lowest BCUT2D eigenvalue weighted by Gasteiger charge is -2.22. The van der Waals surface area contributed by atoms with Gasteiger partial charge in [0.05, 0.1) is 20.8 Å². The largest absolute Gasteiger partial charge is 0.497 e. The second-order valence-electron chi connectivity index (χ2n) is 6.26. The molecule has 2 amide bonds. The van der Waals surface area contributed by atoms with Crippen LogP contribution in [0.4, 0.5) is 14.9 Å². The molecule has 0 bridgehead atoms. The van der Waals surface area contributed by atoms with Crippen LogP contribution in [0.25, 0.3) is 0 Å². The lowest BCUT2D eigenvalue weighted by atomic mass is 10.2. The molecule has 28 heavy (non-hydrogen) atoms. The van der Waals surface area contributed by atoms with Gasteiger partial charge in [-0.25, -0.2) is 14.0 Å². The first-order valence-electron chi connectivity index (χ1n) is 8.72. The molecule has 1 fully saturated rings. The van der Waals surface area contributed by atoms with E-state index >= 15 is 0 Å². The van der Waals surface area contributed by atoms with E-state index in [1.807, 2.05) is 0 Å². The van der Waals surface area contributed by atoms with Crippen LogP contribution in [0, 0.1) is 5.82 Å². The number of ether oxygens (including phenoxy) is 3. The minimum atomic E-state index is -0.826. The molecule has 0 spiro atoms. The predicted octanol–water partition coefficient (Wildman–Crippen LogP) is 3.06. The van der Waals surface area contributed by atoms with E-state index in [9.17, 15) is 14.0 Å². The molecule has 8 heteroatoms. The maximum atomic E-state index is 13.9. The van der Waals surface area contributed by atoms with Gasteiger partial charge in [-0.1, -0.05) is 18.2 Å². The summed E-state index contributed by atoms with van der Waals surface area (Å²) in [6.45, 7) is 0.115. The number of esters is 1. The number of methoxy groups -OCH3 is 2. The molecular weight excluding hydrogens is 367 g/mol. The molecule has 148 valence electrons. The van der Waals surface area contributed by atoms with Gasteiger partial charge in [0.2, 0.25) is 0 Å². The fourth-order valence-electron chi connectivity index (χ4n) is 3.08. The second kappa shape index (κ2) is 8.60. The van der Waals surface area contributed by atoms with Gasteiger partial charge in [0.15, 0.2) is 11.6 Å². The first kappa shape index (κ1) is 19.5. The Kier molecular flexibility index (Phi) is 5.98. The van der Waals surface area contributed by atoms with E-state index < -0.39 is 30.0 Å². The summed E-state index contributed by atoms with van der Waals surface area (Å²) in [6, 6.07) is 11.5. The van der Waals surface area contributed by atoms with Crippen molar-refractivity contribution in [3.05, 3.63) is 54.3 Å². The van der Waals surface area contributed by atoms with Crippen molar-refractivity contribution in [1.29, 1.82) is 0 Å². The molecule has 2 unspecified atom stereocenters. The summed E-state index contributed by atoms with van der Waals surface area (Å²) in [5, 5.41) is 2.73. The number of nitrogens with one attached hydrogen (secondary N) is 1. The first-order valence-corrected chi connectivity index (χ1v) is 8.72. The molecule has 1 aliphatic heterocycles. The average molecular weight is 388 g/mol. The fourth-order valence-corrected chi connectivity index (χ4v) is 3.08. The van der Waals surface area contributed by atoms with E-state index in [4.69, 9.17) is 14.2 Å². The number of carbonyl (C=O) groups is 2. The van der Waals surface area contributed by atoms with Crippen LogP contribution in [-0.4, -0.2) is 49.8 Å². The van der Waals surface area contributed by atoms with Gasteiger partial charge in [-0.3, -0.25) is 0 Å². The predicted molar refractivity (Wildman–Crippen MR) is 100.0 cm³/mol. The summed E-state index contributed by atoms with van der Waals surface area (Å²) < 4.78 is 29.5. The number of amides is 2. The van der Waals surface area contributed by atoms with Gasteiger partial charge in [-0.05, 0) is 24.3 Å². The molecule has 0 saturated carbocycles. The molecule has 7 nitrogen and oxygen atoms in total. The Morgan fingerprint density at radius 3 is 2.64 bits per heavy atom. The van der Waals surface area contributed by atoms with Crippen molar-refractivity contribution in [2.75, 3.05) is 26.1 Å². The molecule has 2 atom stereocenters. The van der Waals surface area contributed by atoms with Gasteiger partial charge < -0.3 is 24.4 Å². The highest BCUT2D eigenvalue weighted by molar-refractivity contribution is 5.93. The number of nitrogens with zero attached hydrogens (tertiary/aromatic N) is 1. The number of benzene rings is 2. The third-order valence-corrected chi connectivity index (χ3v) is 4.45. The molecule has 0 aliphatic carbocycles. The Morgan fingerprint density at radius 2 is 1.93 bits per heavy atom. The highest BCUT2D eigenvalue weighted by Gasteiger charge is 2.41. The molecule has 1 saturated heterocycles. The van der Waals surface area contributed by atoms with Gasteiger partial charge in [0.25, 0.3) is 0 Å². The minimum Gasteiger partial charge on any atom is -0.497 e. The third-order valence-electron chi connectivity index (χ3n) is 4.45. The molecule has 1 N–H and O–H groups in total. The summed E-state index contributed by atoms with van der Waals surface area (Å²) in [4.78, 5) is 26.2. The van der Waals surface area contributed by atoms with Crippen molar-refractivity contribution in [3.8, 4) is 11.5 Å². The maximum Gasteiger partial charge on any atom is 0.328 e. The number of rotatable bonds is 5. The number of halogens is 1. The topological polar surface area (TPSA) is 77.1 Å². The molecule has 2 aromatic rings. The second-order valence-corrected chi connectivity index (χ2v) is 6.26. The van der Waals surface area contributed by atoms with Crippen LogP contribution >= 0.6 is 0 Å². The molecule has 1 aliphatic rings. The standard InChI is InChI=1S/C20H21FN2O5/c1-26-14-7-5-6-13(10-14)22-20(25)23-12-15(11-17(23)19(24)27-2)28-18-9-4-3-8-16(18)21/h3-10,15,17H,11-12H2,1-2H3,(H,22,25). The zero-order chi connectivity index (χ0) is 20.1. The van der Waals surface area contributed by atoms with Gasteiger partial charge in [0, 0.05) is 18.2 Å². The highest BCUT2D eigenvalue weighted by Crippen LogP contribution is 2.26. The van der Waals surface area contributed by atoms with E-state index in [2.05, 4.69) is 5.32 Å². The monoisotopic (exact) mass is 388 g/mol. The Bertz CT molecular complexity index is 860. The average Bonchev–Trinajstić information content (AvgIpc) is 3.13. The Balaban J connectivity index is 1.74. The summed E-state index contributed by atoms with van der Waals surface area (Å²) >= 11 is 0. The summed E-state index contributed by atoms with van der Waals surface area (Å²) in [5.41, 5.74) is 0.520. The number of urea groups is 1. The smallest absolute Gasteiger partial charge is 0.328 e. The zero-order valence-corrected chi connectivity index (χ0v) is 15.6. The number of likely N-dealkylation sites (tertiary alicyclic amines) is 1. The van der Waals surface area contributed by atoms with Crippen molar-refractivity contribution in [2.24, 2.45) is 0 Å². The summed E-state index contributed by atoms with van der Waals surface area (Å²) in [5.74, 6) is -0.396. The zero-order valence-electron chi connectivity index (χ0n) is 15.6. The van der Waals surface area contributed by atoms with Gasteiger partial charge in [-0.2, -0.15) is 0 Å². The number of hydrogen-bond acceptors (Lipinski definition) is 5. The molecule has 3 rings (SSSR count). The maximum absolute atomic E-state index is 13.9. The molecule has 1 heterocycles. The van der Waals surface area contributed by atoms with Crippen LogP contribution in [0.5, 0.6) is 11.5 Å². The van der Waals surface area contributed by atoms with Gasteiger partial charge >= 0.3 is 12.0 Å². The summed E-state index contributed by atoms with van der Waals surface area (Å²) in [6.07, 6.45) is -0.343. The van der Waals surface area contributed by atoms with Crippen molar-refractivity contribution < 1.29 is 28.2 Å². The lowest BCUT2D eigenvalue weighted by Crippen LogP contribution is -2.43. The van der Waals surface area contributed by atoms with E-state index in [1.165, 1.54) is 31.3 Å². The van der Waals surface area contributed by atoms with Crippen molar-refractivity contribution in [3.63, 3.8) is 0 Å². The van der Waals surface area contributed by atoms with Crippen LogP contribution in [0.1, 0.15) is 6.42 Å². The Hall–Kier alpha value is -3.29. The first-order chi connectivity index (χ1) is 13.5. The molecular formula is C20H21FN2O5. The van der Waals surface area contributed by atoms with Crippen molar-refractivity contribution >= 4 is 17.7 Å². The molecule has 2 aromatic carbocycles. The minimum absolute atomic E-state index is 0.0752. The number of hydrogen-bond donors (Lipinski definition) is 1. The van der Waals surface area contributed by atoms with Crippen LogP contribution in [0.15, 0.2) is 48.5 Å². The van der Waals surface area contributed by atoms with Crippen LogP contribution in [-0.2, 0) is 9.53 Å². The van der Waals surface area contributed by atoms with Crippen LogP contribution in [0.3, 0.4) is 0 Å². The van der Waals surface area contributed by atoms with Gasteiger partial charge in [0.1, 0.15) is 17.9 Å². The highest BCUT2D eigenvalue weighted by atomic mass is 19.1. The Labute approximate surface area is 162 Å². The number of para-hydroxylation sites is 1. The lowest BCUT2D eigenvalue weighted by molar-refractivity contribution is -0.144. The van der Waals surface area contributed by atoms with E-state index in [1.54, 1.807) is 36.4 Å². The van der Waals surface area contributed by atoms with Gasteiger partial charge in [-0.15, -0.1) is 0 Å². The van der Waals surface area contributed by atoms with Crippen molar-refractivity contribution in [2.45, 2.75) is 18.6 Å². The SMILES string of the molecule is COC(=O)C1CC(Oc2ccccc2F)CN1C(=O)Nc1cccc(OC)c1. The van der Waals surface area contributed by atoms with Crippen LogP contribution < -0.4 is 14.8 Å². The fraction of sp³-hybridized carbons (Fsp3) is 0.300.